The van der Waals surface area contributed by atoms with E-state index in [2.05, 4.69) is 13.8 Å². The Morgan fingerprint density at radius 2 is 1.56 bits per heavy atom. The fourth-order valence-corrected chi connectivity index (χ4v) is 7.02. The van der Waals surface area contributed by atoms with Gasteiger partial charge in [-0.1, -0.05) is 104 Å². The van der Waals surface area contributed by atoms with Crippen LogP contribution in [0.2, 0.25) is 0 Å². The maximum atomic E-state index is 14.5. The molecule has 0 saturated heterocycles. The van der Waals surface area contributed by atoms with Crippen molar-refractivity contribution >= 4 is 35.0 Å². The lowest BCUT2D eigenvalue weighted by Gasteiger charge is -2.26. The molecule has 0 amide bonds. The summed E-state index contributed by atoms with van der Waals surface area (Å²) in [4.78, 5) is 45.9. The molecule has 0 N–H and O–H groups in total. The number of carbonyl (C=O) groups excluding carboxylic acids is 2. The third-order valence-electron chi connectivity index (χ3n) is 8.66. The molecule has 5 aromatic rings. The van der Waals surface area contributed by atoms with E-state index in [1.807, 2.05) is 66.7 Å². The Bertz CT molecular complexity index is 2290. The van der Waals surface area contributed by atoms with Crippen molar-refractivity contribution in [3.05, 3.63) is 156 Å². The van der Waals surface area contributed by atoms with Gasteiger partial charge in [0.1, 0.15) is 6.61 Å². The number of esters is 2. The van der Waals surface area contributed by atoms with Crippen molar-refractivity contribution in [3.63, 3.8) is 0 Å². The first-order chi connectivity index (χ1) is 25.2. The van der Waals surface area contributed by atoms with Gasteiger partial charge in [0.05, 0.1) is 47.7 Å². The summed E-state index contributed by atoms with van der Waals surface area (Å²) in [5.41, 5.74) is 5.00. The Balaban J connectivity index is 1.48. The van der Waals surface area contributed by atoms with Crippen LogP contribution >= 0.6 is 11.3 Å². The van der Waals surface area contributed by atoms with Crippen LogP contribution in [0.5, 0.6) is 11.5 Å². The number of benzene rings is 4. The average molecular weight is 717 g/mol. The van der Waals surface area contributed by atoms with Crippen LogP contribution in [0.1, 0.15) is 77.8 Å². The van der Waals surface area contributed by atoms with E-state index in [4.69, 9.17) is 23.9 Å². The molecule has 6 rings (SSSR count). The molecular weight excluding hydrogens is 677 g/mol. The zero-order chi connectivity index (χ0) is 36.8. The molecule has 0 radical (unpaired) electrons. The molecule has 266 valence electrons. The molecule has 1 aromatic heterocycles. The van der Waals surface area contributed by atoms with Crippen molar-refractivity contribution in [3.8, 4) is 11.5 Å². The van der Waals surface area contributed by atoms with E-state index < -0.39 is 12.0 Å². The van der Waals surface area contributed by atoms with Gasteiger partial charge in [-0.15, -0.1) is 0 Å². The fraction of sp³-hybridized carbons (Fsp3) is 0.238. The van der Waals surface area contributed by atoms with Crippen molar-refractivity contribution in [2.45, 2.75) is 46.3 Å². The lowest BCUT2D eigenvalue weighted by Crippen LogP contribution is -2.40. The van der Waals surface area contributed by atoms with Gasteiger partial charge in [-0.05, 0) is 60.7 Å². The van der Waals surface area contributed by atoms with Crippen LogP contribution in [0.25, 0.3) is 11.8 Å². The number of methoxy groups -OCH3 is 1. The summed E-state index contributed by atoms with van der Waals surface area (Å²) in [6.45, 7) is 8.41. The number of nitrogens with zero attached hydrogens (tertiary/aromatic N) is 2. The second kappa shape index (κ2) is 16.1. The van der Waals surface area contributed by atoms with Gasteiger partial charge in [0.15, 0.2) is 16.3 Å². The number of aromatic nitrogens is 1. The van der Waals surface area contributed by atoms with Gasteiger partial charge in [0.2, 0.25) is 0 Å². The summed E-state index contributed by atoms with van der Waals surface area (Å²) in [5, 5.41) is 0. The first-order valence-electron chi connectivity index (χ1n) is 17.2. The van der Waals surface area contributed by atoms with Gasteiger partial charge in [0, 0.05) is 11.1 Å². The normalized spacial score (nSPS) is 14.1. The molecule has 9 nitrogen and oxygen atoms in total. The minimum atomic E-state index is -0.785. The minimum Gasteiger partial charge on any atom is -0.493 e. The van der Waals surface area contributed by atoms with E-state index in [0.29, 0.717) is 55.8 Å². The third kappa shape index (κ3) is 7.48. The maximum absolute atomic E-state index is 14.5. The Morgan fingerprint density at radius 1 is 0.865 bits per heavy atom. The highest BCUT2D eigenvalue weighted by Gasteiger charge is 2.35. The topological polar surface area (TPSA) is 105 Å². The number of hydrogen-bond donors (Lipinski definition) is 0. The van der Waals surface area contributed by atoms with Gasteiger partial charge in [-0.25, -0.2) is 14.6 Å². The number of thiazole rings is 1. The van der Waals surface area contributed by atoms with Crippen LogP contribution in [0.4, 0.5) is 0 Å². The van der Waals surface area contributed by atoms with E-state index in [0.717, 1.165) is 22.3 Å². The molecular formula is C42H40N2O7S. The van der Waals surface area contributed by atoms with E-state index in [9.17, 15) is 14.4 Å². The summed E-state index contributed by atoms with van der Waals surface area (Å²) in [7, 11) is 1.56. The van der Waals surface area contributed by atoms with Gasteiger partial charge in [0.25, 0.3) is 5.56 Å². The highest BCUT2D eigenvalue weighted by Crippen LogP contribution is 2.36. The third-order valence-corrected chi connectivity index (χ3v) is 9.64. The van der Waals surface area contributed by atoms with Crippen LogP contribution in [0.15, 0.2) is 112 Å². The molecule has 4 aromatic carbocycles. The number of carbonyl (C=O) groups is 2. The second-order valence-corrected chi connectivity index (χ2v) is 13.3. The highest BCUT2D eigenvalue weighted by molar-refractivity contribution is 7.07. The Kier molecular flexibility index (Phi) is 11.2. The molecule has 52 heavy (non-hydrogen) atoms. The predicted molar refractivity (Wildman–Crippen MR) is 201 cm³/mol. The van der Waals surface area contributed by atoms with Crippen molar-refractivity contribution in [2.75, 3.05) is 20.3 Å². The fourth-order valence-electron chi connectivity index (χ4n) is 6.03. The van der Waals surface area contributed by atoms with Crippen LogP contribution in [0, 0.1) is 0 Å². The van der Waals surface area contributed by atoms with Crippen molar-refractivity contribution < 1.29 is 28.5 Å². The molecule has 0 spiro atoms. The summed E-state index contributed by atoms with van der Waals surface area (Å²) in [5.74, 6) is 0.325. The second-order valence-electron chi connectivity index (χ2n) is 12.3. The lowest BCUT2D eigenvalue weighted by atomic mass is 9.91. The monoisotopic (exact) mass is 716 g/mol. The quantitative estimate of drug-likeness (QED) is 0.131. The predicted octanol–water partition coefficient (Wildman–Crippen LogP) is 6.82. The standard InChI is InChI=1S/C42H40N2O7S/c1-6-49-40(46)31-18-16-27(17-19-31)25-51-38-32(14-11-15-33(38)48-5)24-34-39(45)44-37(30-22-20-28(21-23-30)26(3)4)35(41(47)50-7-2)36(43-42(44)52-34)29-12-9-8-10-13-29/h8-24,26,37H,6-7,25H2,1-5H3/b34-24-/t37-/m0/s1. The number of para-hydroxylation sites is 1. The van der Waals surface area contributed by atoms with Gasteiger partial charge in [-0.3, -0.25) is 9.36 Å². The molecule has 0 fully saturated rings. The zero-order valence-corrected chi connectivity index (χ0v) is 30.6. The summed E-state index contributed by atoms with van der Waals surface area (Å²) < 4.78 is 24.7. The van der Waals surface area contributed by atoms with Crippen molar-refractivity contribution in [2.24, 2.45) is 4.99 Å². The summed E-state index contributed by atoms with van der Waals surface area (Å²) in [6, 6.07) is 29.2. The average Bonchev–Trinajstić information content (AvgIpc) is 3.47. The smallest absolute Gasteiger partial charge is 0.338 e. The lowest BCUT2D eigenvalue weighted by molar-refractivity contribution is -0.138. The number of hydrogen-bond acceptors (Lipinski definition) is 9. The number of rotatable bonds is 12. The van der Waals surface area contributed by atoms with Crippen LogP contribution in [0.3, 0.4) is 0 Å². The Hall–Kier alpha value is -5.74. The van der Waals surface area contributed by atoms with Crippen LogP contribution in [-0.2, 0) is 20.9 Å². The molecule has 10 heteroatoms. The summed E-state index contributed by atoms with van der Waals surface area (Å²) in [6.07, 6.45) is 1.76. The zero-order valence-electron chi connectivity index (χ0n) is 29.8. The van der Waals surface area contributed by atoms with Gasteiger partial charge in [-0.2, -0.15) is 0 Å². The molecule has 0 aliphatic carbocycles. The van der Waals surface area contributed by atoms with Crippen LogP contribution in [-0.4, -0.2) is 36.8 Å². The van der Waals surface area contributed by atoms with Gasteiger partial charge >= 0.3 is 11.9 Å². The van der Waals surface area contributed by atoms with E-state index >= 15 is 0 Å². The molecule has 0 saturated carbocycles. The van der Waals surface area contributed by atoms with Gasteiger partial charge < -0.3 is 18.9 Å². The molecule has 0 bridgehead atoms. The Morgan fingerprint density at radius 3 is 2.21 bits per heavy atom. The minimum absolute atomic E-state index is 0.169. The largest absolute Gasteiger partial charge is 0.493 e. The molecule has 2 heterocycles. The molecule has 1 aliphatic heterocycles. The number of ether oxygens (including phenoxy) is 4. The van der Waals surface area contributed by atoms with Crippen LogP contribution < -0.4 is 24.4 Å². The number of fused-ring (bicyclic) bond motifs is 1. The van der Waals surface area contributed by atoms with E-state index in [1.165, 1.54) is 11.3 Å². The maximum Gasteiger partial charge on any atom is 0.338 e. The Labute approximate surface area is 306 Å². The first-order valence-corrected chi connectivity index (χ1v) is 18.0. The molecule has 1 aliphatic rings. The van der Waals surface area contributed by atoms with E-state index in [-0.39, 0.29) is 24.7 Å². The first kappa shape index (κ1) is 36.1. The highest BCUT2D eigenvalue weighted by atomic mass is 32.1. The van der Waals surface area contributed by atoms with Crippen molar-refractivity contribution in [1.82, 2.24) is 4.57 Å². The molecule has 0 unspecified atom stereocenters. The SMILES string of the molecule is CCOC(=O)C1=C(c2ccccc2)N=c2s/c(=C\c3cccc(OC)c3OCc3ccc(C(=O)OCC)cc3)c(=O)n2[C@H]1c1ccc(C(C)C)cc1. The molecule has 1 atom stereocenters. The van der Waals surface area contributed by atoms with E-state index in [1.54, 1.807) is 61.9 Å². The summed E-state index contributed by atoms with van der Waals surface area (Å²) >= 11 is 1.24. The van der Waals surface area contributed by atoms with Crippen molar-refractivity contribution in [1.29, 1.82) is 0 Å².